The summed E-state index contributed by atoms with van der Waals surface area (Å²) >= 11 is 0. The van der Waals surface area contributed by atoms with Crippen molar-refractivity contribution in [3.63, 3.8) is 0 Å². The SMILES string of the molecule is Cl.OC(COCCC12CC3CC(CC(C3)C1)C2)CN1CCOCC1. The average molecular weight is 360 g/mol. The highest BCUT2D eigenvalue weighted by Crippen LogP contribution is 2.61. The van der Waals surface area contributed by atoms with E-state index >= 15 is 0 Å². The lowest BCUT2D eigenvalue weighted by molar-refractivity contribution is -0.0751. The van der Waals surface area contributed by atoms with E-state index in [0.29, 0.717) is 12.0 Å². The molecule has 1 unspecified atom stereocenters. The third-order valence-corrected chi connectivity index (χ3v) is 6.82. The van der Waals surface area contributed by atoms with Crippen molar-refractivity contribution < 1.29 is 14.6 Å². The van der Waals surface area contributed by atoms with Crippen LogP contribution >= 0.6 is 12.4 Å². The average Bonchev–Trinajstić information content (AvgIpc) is 2.51. The summed E-state index contributed by atoms with van der Waals surface area (Å²) in [5, 5.41) is 10.2. The van der Waals surface area contributed by atoms with Crippen LogP contribution in [-0.2, 0) is 9.47 Å². The van der Waals surface area contributed by atoms with E-state index in [4.69, 9.17) is 9.47 Å². The van der Waals surface area contributed by atoms with Gasteiger partial charge in [-0.25, -0.2) is 0 Å². The van der Waals surface area contributed by atoms with Gasteiger partial charge in [0.05, 0.1) is 25.9 Å². The van der Waals surface area contributed by atoms with Crippen molar-refractivity contribution in [2.24, 2.45) is 23.2 Å². The van der Waals surface area contributed by atoms with Crippen molar-refractivity contribution in [2.75, 3.05) is 46.1 Å². The number of aliphatic hydroxyl groups is 1. The molecule has 0 spiro atoms. The first-order valence-corrected chi connectivity index (χ1v) is 9.77. The first-order chi connectivity index (χ1) is 11.2. The predicted molar refractivity (Wildman–Crippen MR) is 96.6 cm³/mol. The summed E-state index contributed by atoms with van der Waals surface area (Å²) in [7, 11) is 0. The number of rotatable bonds is 7. The number of nitrogens with zero attached hydrogens (tertiary/aromatic N) is 1. The van der Waals surface area contributed by atoms with Crippen molar-refractivity contribution >= 4 is 12.4 Å². The Bertz CT molecular complexity index is 365. The van der Waals surface area contributed by atoms with Crippen LogP contribution in [0.2, 0.25) is 0 Å². The van der Waals surface area contributed by atoms with Gasteiger partial charge >= 0.3 is 0 Å². The molecule has 0 aromatic carbocycles. The van der Waals surface area contributed by atoms with Crippen LogP contribution in [-0.4, -0.2) is 62.2 Å². The number of hydrogen-bond donors (Lipinski definition) is 1. The Morgan fingerprint density at radius 2 is 1.62 bits per heavy atom. The molecule has 0 radical (unpaired) electrons. The maximum Gasteiger partial charge on any atom is 0.0900 e. The lowest BCUT2D eigenvalue weighted by atomic mass is 9.49. The quantitative estimate of drug-likeness (QED) is 0.710. The Kier molecular flexibility index (Phi) is 6.47. The maximum atomic E-state index is 10.2. The van der Waals surface area contributed by atoms with Crippen LogP contribution < -0.4 is 0 Å². The van der Waals surface area contributed by atoms with Crippen molar-refractivity contribution in [3.05, 3.63) is 0 Å². The molecule has 1 heterocycles. The smallest absolute Gasteiger partial charge is 0.0900 e. The summed E-state index contributed by atoms with van der Waals surface area (Å²) in [6.07, 6.45) is 9.77. The molecule has 4 aliphatic carbocycles. The molecule has 0 aromatic heterocycles. The van der Waals surface area contributed by atoms with E-state index in [-0.39, 0.29) is 18.5 Å². The standard InChI is InChI=1S/C19H33NO3.ClH/c21-18(13-20-2-5-22-6-3-20)14-23-4-1-19-10-15-7-16(11-19)9-17(8-15)12-19;/h15-18,21H,1-14H2;1H. The Hall–Kier alpha value is 0.130. The molecule has 0 aromatic rings. The van der Waals surface area contributed by atoms with Crippen molar-refractivity contribution in [2.45, 2.75) is 51.0 Å². The summed E-state index contributed by atoms with van der Waals surface area (Å²) in [4.78, 5) is 2.27. The summed E-state index contributed by atoms with van der Waals surface area (Å²) in [6.45, 7) is 5.50. The monoisotopic (exact) mass is 359 g/mol. The van der Waals surface area contributed by atoms with Crippen LogP contribution in [0.1, 0.15) is 44.9 Å². The Morgan fingerprint density at radius 3 is 2.21 bits per heavy atom. The molecule has 5 aliphatic rings. The minimum Gasteiger partial charge on any atom is -0.389 e. The lowest BCUT2D eigenvalue weighted by Gasteiger charge is -2.57. The molecule has 5 fully saturated rings. The van der Waals surface area contributed by atoms with Crippen molar-refractivity contribution in [1.29, 1.82) is 0 Å². The van der Waals surface area contributed by atoms with Gasteiger partial charge in [0.2, 0.25) is 0 Å². The van der Waals surface area contributed by atoms with Gasteiger partial charge in [-0.1, -0.05) is 0 Å². The molecule has 140 valence electrons. The second-order valence-electron chi connectivity index (χ2n) is 8.81. The molecule has 4 nitrogen and oxygen atoms in total. The van der Waals surface area contributed by atoms with Crippen LogP contribution in [0.4, 0.5) is 0 Å². The number of ether oxygens (including phenoxy) is 2. The number of β-amino-alcohol motifs (C(OH)–C–C–N with tert-alkyl or cyclic N) is 1. The van der Waals surface area contributed by atoms with Crippen LogP contribution in [0.15, 0.2) is 0 Å². The zero-order valence-corrected chi connectivity index (χ0v) is 15.6. The fraction of sp³-hybridized carbons (Fsp3) is 1.00. The van der Waals surface area contributed by atoms with Gasteiger partial charge in [0, 0.05) is 26.2 Å². The maximum absolute atomic E-state index is 10.2. The zero-order chi connectivity index (χ0) is 15.7. The second-order valence-corrected chi connectivity index (χ2v) is 8.81. The van der Waals surface area contributed by atoms with Crippen LogP contribution in [0, 0.1) is 23.2 Å². The molecule has 0 amide bonds. The van der Waals surface area contributed by atoms with Crippen molar-refractivity contribution in [1.82, 2.24) is 4.90 Å². The van der Waals surface area contributed by atoms with E-state index in [0.717, 1.165) is 57.2 Å². The second kappa shape index (κ2) is 8.22. The first-order valence-electron chi connectivity index (χ1n) is 9.77. The largest absolute Gasteiger partial charge is 0.389 e. The molecule has 4 bridgehead atoms. The summed E-state index contributed by atoms with van der Waals surface area (Å²) in [5.41, 5.74) is 0.601. The van der Waals surface area contributed by atoms with Gasteiger partial charge in [-0.2, -0.15) is 0 Å². The third kappa shape index (κ3) is 4.45. The molecule has 1 saturated heterocycles. The van der Waals surface area contributed by atoms with Gasteiger partial charge in [-0.15, -0.1) is 12.4 Å². The fourth-order valence-corrected chi connectivity index (χ4v) is 6.24. The van der Waals surface area contributed by atoms with Crippen molar-refractivity contribution in [3.8, 4) is 0 Å². The summed E-state index contributed by atoms with van der Waals surface area (Å²) in [6, 6.07) is 0. The molecule has 1 atom stereocenters. The molecule has 1 N–H and O–H groups in total. The topological polar surface area (TPSA) is 41.9 Å². The molecule has 1 aliphatic heterocycles. The first kappa shape index (κ1) is 18.9. The van der Waals surface area contributed by atoms with E-state index in [2.05, 4.69) is 4.90 Å². The van der Waals surface area contributed by atoms with Crippen LogP contribution in [0.3, 0.4) is 0 Å². The van der Waals surface area contributed by atoms with Gasteiger partial charge in [0.25, 0.3) is 0 Å². The van der Waals surface area contributed by atoms with Crippen LogP contribution in [0.5, 0.6) is 0 Å². The van der Waals surface area contributed by atoms with Gasteiger partial charge in [-0.05, 0) is 68.1 Å². The highest BCUT2D eigenvalue weighted by molar-refractivity contribution is 5.85. The number of aliphatic hydroxyl groups excluding tert-OH is 1. The number of morpholine rings is 1. The highest BCUT2D eigenvalue weighted by atomic mass is 35.5. The van der Waals surface area contributed by atoms with Crippen LogP contribution in [0.25, 0.3) is 0 Å². The summed E-state index contributed by atoms with van der Waals surface area (Å²) < 4.78 is 11.2. The number of halogens is 1. The highest BCUT2D eigenvalue weighted by Gasteiger charge is 2.50. The minimum atomic E-state index is -0.357. The van der Waals surface area contributed by atoms with E-state index in [1.165, 1.54) is 44.9 Å². The molecular formula is C19H34ClNO3. The Balaban J connectivity index is 0.00000169. The molecule has 4 saturated carbocycles. The van der Waals surface area contributed by atoms with Gasteiger partial charge in [0.1, 0.15) is 0 Å². The number of hydrogen-bond acceptors (Lipinski definition) is 4. The zero-order valence-electron chi connectivity index (χ0n) is 14.8. The van der Waals surface area contributed by atoms with E-state index in [1.54, 1.807) is 0 Å². The van der Waals surface area contributed by atoms with Gasteiger partial charge < -0.3 is 14.6 Å². The predicted octanol–water partition coefficient (Wildman–Crippen LogP) is 2.72. The summed E-state index contributed by atoms with van der Waals surface area (Å²) in [5.74, 6) is 3.06. The molecule has 5 rings (SSSR count). The lowest BCUT2D eigenvalue weighted by Crippen LogP contribution is -2.46. The van der Waals surface area contributed by atoms with E-state index in [9.17, 15) is 5.11 Å². The van der Waals surface area contributed by atoms with Gasteiger partial charge in [0.15, 0.2) is 0 Å². The van der Waals surface area contributed by atoms with E-state index < -0.39 is 0 Å². The molecule has 24 heavy (non-hydrogen) atoms. The normalized spacial score (nSPS) is 39.6. The minimum absolute atomic E-state index is 0. The molecule has 5 heteroatoms. The van der Waals surface area contributed by atoms with E-state index in [1.807, 2.05) is 0 Å². The fourth-order valence-electron chi connectivity index (χ4n) is 6.24. The molecular weight excluding hydrogens is 326 g/mol. The Labute approximate surface area is 152 Å². The van der Waals surface area contributed by atoms with Gasteiger partial charge in [-0.3, -0.25) is 4.90 Å². The Morgan fingerprint density at radius 1 is 1.04 bits per heavy atom. The third-order valence-electron chi connectivity index (χ3n) is 6.82.